The van der Waals surface area contributed by atoms with E-state index < -0.39 is 17.5 Å². The van der Waals surface area contributed by atoms with Gasteiger partial charge in [-0.15, -0.1) is 0 Å². The van der Waals surface area contributed by atoms with E-state index in [9.17, 15) is 14.7 Å². The van der Waals surface area contributed by atoms with E-state index in [2.05, 4.69) is 5.32 Å². The molecule has 21 heavy (non-hydrogen) atoms. The number of carbonyl (C=O) groups is 2. The fraction of sp³-hybridized carbons (Fsp3) is 0.467. The molecular weight excluding hydrogens is 274 g/mol. The van der Waals surface area contributed by atoms with Gasteiger partial charge in [-0.25, -0.2) is 4.79 Å². The number of ether oxygens (including phenoxy) is 1. The normalized spacial score (nSPS) is 14.9. The lowest BCUT2D eigenvalue weighted by Gasteiger charge is -2.18. The molecule has 1 aromatic carbocycles. The van der Waals surface area contributed by atoms with Crippen molar-refractivity contribution in [3.8, 4) is 5.75 Å². The molecule has 0 saturated heterocycles. The predicted octanol–water partition coefficient (Wildman–Crippen LogP) is 1.43. The second-order valence-electron chi connectivity index (χ2n) is 5.12. The van der Waals surface area contributed by atoms with Gasteiger partial charge < -0.3 is 20.3 Å². The van der Waals surface area contributed by atoms with Crippen LogP contribution in [0.15, 0.2) is 24.3 Å². The Morgan fingerprint density at radius 2 is 1.90 bits per heavy atom. The summed E-state index contributed by atoms with van der Waals surface area (Å²) >= 11 is 0. The Labute approximate surface area is 123 Å². The standard InChI is InChI=1S/C15H21NO5/c1-4-10(2)21-12-7-5-11(6-8-12)13(17)16-9-15(3,20)14(18)19/h5-8,10,20H,4,9H2,1-3H3,(H,16,17)(H,18,19). The molecule has 0 fully saturated rings. The number of rotatable bonds is 7. The van der Waals surface area contributed by atoms with Gasteiger partial charge in [0.2, 0.25) is 0 Å². The summed E-state index contributed by atoms with van der Waals surface area (Å²) in [6.45, 7) is 4.72. The summed E-state index contributed by atoms with van der Waals surface area (Å²) in [5.41, 5.74) is -1.62. The second kappa shape index (κ2) is 7.08. The van der Waals surface area contributed by atoms with Crippen LogP contribution >= 0.6 is 0 Å². The summed E-state index contributed by atoms with van der Waals surface area (Å²) < 4.78 is 5.59. The smallest absolute Gasteiger partial charge is 0.337 e. The minimum atomic E-state index is -1.99. The fourth-order valence-electron chi connectivity index (χ4n) is 1.43. The third kappa shape index (κ3) is 5.07. The molecule has 3 N–H and O–H groups in total. The van der Waals surface area contributed by atoms with Crippen LogP contribution in [-0.4, -0.2) is 40.3 Å². The summed E-state index contributed by atoms with van der Waals surface area (Å²) in [6.07, 6.45) is 0.974. The lowest BCUT2D eigenvalue weighted by atomic mass is 10.1. The molecule has 0 aliphatic carbocycles. The Balaban J connectivity index is 2.61. The number of amides is 1. The Morgan fingerprint density at radius 3 is 2.38 bits per heavy atom. The summed E-state index contributed by atoms with van der Waals surface area (Å²) in [7, 11) is 0. The van der Waals surface area contributed by atoms with E-state index in [-0.39, 0.29) is 12.6 Å². The molecule has 6 heteroatoms. The van der Waals surface area contributed by atoms with Crippen LogP contribution in [0.2, 0.25) is 0 Å². The topological polar surface area (TPSA) is 95.9 Å². The molecule has 0 aliphatic rings. The maximum absolute atomic E-state index is 11.8. The molecule has 2 unspecified atom stereocenters. The highest BCUT2D eigenvalue weighted by Gasteiger charge is 2.30. The highest BCUT2D eigenvalue weighted by molar-refractivity contribution is 5.94. The van der Waals surface area contributed by atoms with E-state index in [1.807, 2.05) is 13.8 Å². The molecule has 0 aliphatic heterocycles. The van der Waals surface area contributed by atoms with E-state index in [0.29, 0.717) is 11.3 Å². The van der Waals surface area contributed by atoms with Crippen molar-refractivity contribution in [1.29, 1.82) is 0 Å². The fourth-order valence-corrected chi connectivity index (χ4v) is 1.43. The third-order valence-electron chi connectivity index (χ3n) is 3.08. The zero-order chi connectivity index (χ0) is 16.0. The molecule has 0 radical (unpaired) electrons. The molecule has 2 atom stereocenters. The largest absolute Gasteiger partial charge is 0.491 e. The summed E-state index contributed by atoms with van der Waals surface area (Å²) in [6, 6.07) is 6.53. The van der Waals surface area contributed by atoms with Gasteiger partial charge in [-0.3, -0.25) is 4.79 Å². The Bertz CT molecular complexity index is 495. The first-order valence-corrected chi connectivity index (χ1v) is 6.77. The van der Waals surface area contributed by atoms with Gasteiger partial charge in [0, 0.05) is 5.56 Å². The molecule has 6 nitrogen and oxygen atoms in total. The van der Waals surface area contributed by atoms with E-state index >= 15 is 0 Å². The van der Waals surface area contributed by atoms with E-state index in [4.69, 9.17) is 9.84 Å². The lowest BCUT2D eigenvalue weighted by molar-refractivity contribution is -0.155. The van der Waals surface area contributed by atoms with E-state index in [1.54, 1.807) is 24.3 Å². The van der Waals surface area contributed by atoms with Gasteiger partial charge >= 0.3 is 5.97 Å². The van der Waals surface area contributed by atoms with Crippen LogP contribution in [0.1, 0.15) is 37.6 Å². The molecule has 0 aromatic heterocycles. The van der Waals surface area contributed by atoms with Crippen molar-refractivity contribution >= 4 is 11.9 Å². The molecule has 0 heterocycles. The number of hydrogen-bond acceptors (Lipinski definition) is 4. The number of carboxylic acid groups (broad SMARTS) is 1. The quantitative estimate of drug-likeness (QED) is 0.707. The highest BCUT2D eigenvalue weighted by Crippen LogP contribution is 2.15. The molecule has 0 saturated carbocycles. The van der Waals surface area contributed by atoms with Gasteiger partial charge in [-0.05, 0) is 44.5 Å². The number of hydrogen-bond donors (Lipinski definition) is 3. The van der Waals surface area contributed by atoms with Gasteiger partial charge in [0.05, 0.1) is 12.6 Å². The number of aliphatic carboxylic acids is 1. The van der Waals surface area contributed by atoms with Gasteiger partial charge in [0.1, 0.15) is 5.75 Å². The maximum atomic E-state index is 11.8. The van der Waals surface area contributed by atoms with Crippen LogP contribution in [-0.2, 0) is 4.79 Å². The van der Waals surface area contributed by atoms with E-state index in [1.165, 1.54) is 0 Å². The van der Waals surface area contributed by atoms with Gasteiger partial charge in [-0.1, -0.05) is 6.92 Å². The predicted molar refractivity (Wildman–Crippen MR) is 77.4 cm³/mol. The first-order chi connectivity index (χ1) is 9.76. The molecule has 0 spiro atoms. The van der Waals surface area contributed by atoms with E-state index in [0.717, 1.165) is 13.3 Å². The zero-order valence-corrected chi connectivity index (χ0v) is 12.4. The Kier molecular flexibility index (Phi) is 5.72. The SMILES string of the molecule is CCC(C)Oc1ccc(C(=O)NCC(C)(O)C(=O)O)cc1. The second-order valence-corrected chi connectivity index (χ2v) is 5.12. The third-order valence-corrected chi connectivity index (χ3v) is 3.08. The number of nitrogens with one attached hydrogen (secondary N) is 1. The van der Waals surface area contributed by atoms with Crippen molar-refractivity contribution in [2.45, 2.75) is 38.9 Å². The van der Waals surface area contributed by atoms with Crippen molar-refractivity contribution in [2.75, 3.05) is 6.54 Å². The molecule has 116 valence electrons. The Morgan fingerprint density at radius 1 is 1.33 bits per heavy atom. The first kappa shape index (κ1) is 17.0. The molecule has 1 rings (SSSR count). The Hall–Kier alpha value is -2.08. The van der Waals surface area contributed by atoms with Crippen LogP contribution in [0, 0.1) is 0 Å². The summed E-state index contributed by atoms with van der Waals surface area (Å²) in [5.74, 6) is -1.18. The van der Waals surface area contributed by atoms with Crippen LogP contribution < -0.4 is 10.1 Å². The van der Waals surface area contributed by atoms with Gasteiger partial charge in [0.15, 0.2) is 5.60 Å². The van der Waals surface area contributed by atoms with Crippen LogP contribution in [0.3, 0.4) is 0 Å². The first-order valence-electron chi connectivity index (χ1n) is 6.77. The minimum absolute atomic E-state index is 0.0929. The van der Waals surface area contributed by atoms with Crippen molar-refractivity contribution in [2.24, 2.45) is 0 Å². The van der Waals surface area contributed by atoms with Crippen LogP contribution in [0.4, 0.5) is 0 Å². The monoisotopic (exact) mass is 295 g/mol. The van der Waals surface area contributed by atoms with Gasteiger partial charge in [-0.2, -0.15) is 0 Å². The number of carboxylic acids is 1. The van der Waals surface area contributed by atoms with Crippen LogP contribution in [0.5, 0.6) is 5.75 Å². The average Bonchev–Trinajstić information content (AvgIpc) is 2.45. The molecule has 1 amide bonds. The van der Waals surface area contributed by atoms with Crippen molar-refractivity contribution in [3.63, 3.8) is 0 Å². The highest BCUT2D eigenvalue weighted by atomic mass is 16.5. The van der Waals surface area contributed by atoms with Crippen LogP contribution in [0.25, 0.3) is 0 Å². The van der Waals surface area contributed by atoms with Crippen molar-refractivity contribution in [1.82, 2.24) is 5.32 Å². The molecular formula is C15H21NO5. The minimum Gasteiger partial charge on any atom is -0.491 e. The average molecular weight is 295 g/mol. The van der Waals surface area contributed by atoms with Crippen molar-refractivity contribution < 1.29 is 24.5 Å². The lowest BCUT2D eigenvalue weighted by Crippen LogP contribution is -2.46. The maximum Gasteiger partial charge on any atom is 0.337 e. The number of aliphatic hydroxyl groups is 1. The van der Waals surface area contributed by atoms with Gasteiger partial charge in [0.25, 0.3) is 5.91 Å². The summed E-state index contributed by atoms with van der Waals surface area (Å²) in [5, 5.41) is 20.7. The number of benzene rings is 1. The zero-order valence-electron chi connectivity index (χ0n) is 12.4. The van der Waals surface area contributed by atoms with Crippen molar-refractivity contribution in [3.05, 3.63) is 29.8 Å². The number of carbonyl (C=O) groups excluding carboxylic acids is 1. The summed E-state index contributed by atoms with van der Waals surface area (Å²) in [4.78, 5) is 22.6. The molecule has 1 aromatic rings. The molecule has 0 bridgehead atoms.